The third-order valence-corrected chi connectivity index (χ3v) is 4.83. The number of ether oxygens (including phenoxy) is 3. The molecule has 0 spiro atoms. The standard InChI is InChI=1S/C25H27N3O5/c1-4-13-33-21-11-9-17-7-5-6-8-19(17)20(21)15-27-28-24(29)16-26-25(30)18-10-12-22(31-2)23(14-18)32-3/h5-12,14-15H,4,13,16H2,1-3H3,(H,26,30)(H,28,29)/b27-15+. The highest BCUT2D eigenvalue weighted by Gasteiger charge is 2.12. The van der Waals surface area contributed by atoms with Gasteiger partial charge in [-0.25, -0.2) is 5.43 Å². The van der Waals surface area contributed by atoms with E-state index in [0.29, 0.717) is 29.4 Å². The minimum absolute atomic E-state index is 0.237. The molecule has 2 amide bonds. The van der Waals surface area contributed by atoms with Crippen LogP contribution in [0.3, 0.4) is 0 Å². The summed E-state index contributed by atoms with van der Waals surface area (Å²) in [6.45, 7) is 2.37. The number of rotatable bonds is 10. The molecule has 8 heteroatoms. The van der Waals surface area contributed by atoms with Crippen LogP contribution in [0.4, 0.5) is 0 Å². The summed E-state index contributed by atoms with van der Waals surface area (Å²) >= 11 is 0. The Morgan fingerprint density at radius 1 is 0.970 bits per heavy atom. The Kier molecular flexibility index (Phi) is 8.24. The van der Waals surface area contributed by atoms with Gasteiger partial charge in [-0.2, -0.15) is 5.10 Å². The van der Waals surface area contributed by atoms with Gasteiger partial charge in [0, 0.05) is 11.1 Å². The van der Waals surface area contributed by atoms with E-state index in [-0.39, 0.29) is 6.54 Å². The Morgan fingerprint density at radius 2 is 1.73 bits per heavy atom. The average Bonchev–Trinajstić information content (AvgIpc) is 2.86. The van der Waals surface area contributed by atoms with Gasteiger partial charge in [-0.1, -0.05) is 37.3 Å². The van der Waals surface area contributed by atoms with E-state index in [2.05, 4.69) is 15.8 Å². The van der Waals surface area contributed by atoms with Crippen molar-refractivity contribution in [2.45, 2.75) is 13.3 Å². The lowest BCUT2D eigenvalue weighted by atomic mass is 10.0. The van der Waals surface area contributed by atoms with Crippen molar-refractivity contribution in [2.75, 3.05) is 27.4 Å². The predicted molar refractivity (Wildman–Crippen MR) is 127 cm³/mol. The highest BCUT2D eigenvalue weighted by Crippen LogP contribution is 2.28. The van der Waals surface area contributed by atoms with Crippen LogP contribution < -0.4 is 25.0 Å². The molecule has 0 aliphatic heterocycles. The maximum absolute atomic E-state index is 12.4. The van der Waals surface area contributed by atoms with E-state index in [4.69, 9.17) is 14.2 Å². The number of carbonyl (C=O) groups is 2. The molecular weight excluding hydrogens is 422 g/mol. The number of hydrogen-bond acceptors (Lipinski definition) is 6. The second kappa shape index (κ2) is 11.5. The van der Waals surface area contributed by atoms with E-state index >= 15 is 0 Å². The number of methoxy groups -OCH3 is 2. The number of fused-ring (bicyclic) bond motifs is 1. The monoisotopic (exact) mass is 449 g/mol. The number of amides is 2. The zero-order chi connectivity index (χ0) is 23.6. The fourth-order valence-corrected chi connectivity index (χ4v) is 3.20. The zero-order valence-corrected chi connectivity index (χ0v) is 18.9. The van der Waals surface area contributed by atoms with Crippen molar-refractivity contribution in [3.63, 3.8) is 0 Å². The van der Waals surface area contributed by atoms with E-state index in [1.54, 1.807) is 24.4 Å². The molecule has 0 aliphatic rings. The molecule has 0 radical (unpaired) electrons. The largest absolute Gasteiger partial charge is 0.493 e. The summed E-state index contributed by atoms with van der Waals surface area (Å²) < 4.78 is 16.2. The lowest BCUT2D eigenvalue weighted by molar-refractivity contribution is -0.120. The molecule has 33 heavy (non-hydrogen) atoms. The lowest BCUT2D eigenvalue weighted by Gasteiger charge is -2.11. The lowest BCUT2D eigenvalue weighted by Crippen LogP contribution is -2.34. The van der Waals surface area contributed by atoms with Crippen LogP contribution in [0.15, 0.2) is 59.7 Å². The fraction of sp³-hybridized carbons (Fsp3) is 0.240. The van der Waals surface area contributed by atoms with Crippen molar-refractivity contribution in [3.05, 3.63) is 65.7 Å². The topological polar surface area (TPSA) is 98.2 Å². The van der Waals surface area contributed by atoms with Crippen LogP contribution in [0.1, 0.15) is 29.3 Å². The van der Waals surface area contributed by atoms with Gasteiger partial charge >= 0.3 is 0 Å². The van der Waals surface area contributed by atoms with Crippen molar-refractivity contribution < 1.29 is 23.8 Å². The van der Waals surface area contributed by atoms with Crippen LogP contribution in [0.25, 0.3) is 10.8 Å². The van der Waals surface area contributed by atoms with E-state index in [0.717, 1.165) is 22.8 Å². The van der Waals surface area contributed by atoms with Gasteiger partial charge in [-0.05, 0) is 41.5 Å². The summed E-state index contributed by atoms with van der Waals surface area (Å²) in [6.07, 6.45) is 2.43. The van der Waals surface area contributed by atoms with Crippen LogP contribution in [0, 0.1) is 0 Å². The van der Waals surface area contributed by atoms with Gasteiger partial charge in [0.1, 0.15) is 5.75 Å². The highest BCUT2D eigenvalue weighted by atomic mass is 16.5. The molecule has 3 rings (SSSR count). The van der Waals surface area contributed by atoms with Gasteiger partial charge < -0.3 is 19.5 Å². The van der Waals surface area contributed by atoms with E-state index < -0.39 is 11.8 Å². The number of benzene rings is 3. The maximum Gasteiger partial charge on any atom is 0.259 e. The third kappa shape index (κ3) is 6.00. The van der Waals surface area contributed by atoms with Crippen molar-refractivity contribution in [3.8, 4) is 17.2 Å². The van der Waals surface area contributed by atoms with E-state index in [9.17, 15) is 9.59 Å². The van der Waals surface area contributed by atoms with E-state index in [1.165, 1.54) is 14.2 Å². The quantitative estimate of drug-likeness (QED) is 0.365. The Labute approximate surface area is 192 Å². The van der Waals surface area contributed by atoms with Crippen LogP contribution in [0.2, 0.25) is 0 Å². The first-order chi connectivity index (χ1) is 16.1. The van der Waals surface area contributed by atoms with Gasteiger partial charge in [0.2, 0.25) is 0 Å². The minimum Gasteiger partial charge on any atom is -0.493 e. The summed E-state index contributed by atoms with van der Waals surface area (Å²) in [5, 5.41) is 8.63. The molecule has 0 unspecified atom stereocenters. The molecule has 2 N–H and O–H groups in total. The number of nitrogens with zero attached hydrogens (tertiary/aromatic N) is 1. The Morgan fingerprint density at radius 3 is 2.48 bits per heavy atom. The van der Waals surface area contributed by atoms with E-state index in [1.807, 2.05) is 43.3 Å². The minimum atomic E-state index is -0.462. The molecule has 0 atom stereocenters. The SMILES string of the molecule is CCCOc1ccc2ccccc2c1/C=N/NC(=O)CNC(=O)c1ccc(OC)c(OC)c1. The molecule has 8 nitrogen and oxygen atoms in total. The summed E-state index contributed by atoms with van der Waals surface area (Å²) in [4.78, 5) is 24.6. The first kappa shape index (κ1) is 23.6. The molecule has 0 fully saturated rings. The molecule has 3 aromatic carbocycles. The van der Waals surface area contributed by atoms with Gasteiger partial charge in [0.15, 0.2) is 11.5 Å². The Balaban J connectivity index is 1.63. The van der Waals surface area contributed by atoms with Crippen molar-refractivity contribution in [1.82, 2.24) is 10.7 Å². The molecular formula is C25H27N3O5. The van der Waals surface area contributed by atoms with Crippen LogP contribution >= 0.6 is 0 Å². The second-order valence-corrected chi connectivity index (χ2v) is 7.09. The summed E-state index contributed by atoms with van der Waals surface area (Å²) in [5.74, 6) is 0.748. The van der Waals surface area contributed by atoms with Crippen molar-refractivity contribution in [1.29, 1.82) is 0 Å². The number of carbonyl (C=O) groups excluding carboxylic acids is 2. The second-order valence-electron chi connectivity index (χ2n) is 7.09. The molecule has 0 bridgehead atoms. The van der Waals surface area contributed by atoms with Gasteiger partial charge in [0.05, 0.1) is 33.6 Å². The van der Waals surface area contributed by atoms with Gasteiger partial charge in [0.25, 0.3) is 11.8 Å². The van der Waals surface area contributed by atoms with Crippen LogP contribution in [-0.2, 0) is 4.79 Å². The number of nitrogens with one attached hydrogen (secondary N) is 2. The molecule has 0 saturated heterocycles. The fourth-order valence-electron chi connectivity index (χ4n) is 3.20. The van der Waals surface area contributed by atoms with Gasteiger partial charge in [-0.3, -0.25) is 9.59 Å². The third-order valence-electron chi connectivity index (χ3n) is 4.83. The maximum atomic E-state index is 12.4. The first-order valence-corrected chi connectivity index (χ1v) is 10.5. The molecule has 0 aromatic heterocycles. The Hall–Kier alpha value is -4.07. The van der Waals surface area contributed by atoms with Crippen molar-refractivity contribution in [2.24, 2.45) is 5.10 Å². The molecule has 0 saturated carbocycles. The highest BCUT2D eigenvalue weighted by molar-refractivity contribution is 6.03. The Bertz CT molecular complexity index is 1160. The number of hydrogen-bond donors (Lipinski definition) is 2. The zero-order valence-electron chi connectivity index (χ0n) is 18.9. The predicted octanol–water partition coefficient (Wildman–Crippen LogP) is 3.53. The number of hydrazone groups is 1. The van der Waals surface area contributed by atoms with Gasteiger partial charge in [-0.15, -0.1) is 0 Å². The summed E-state index contributed by atoms with van der Waals surface area (Å²) in [6, 6.07) is 16.5. The first-order valence-electron chi connectivity index (χ1n) is 10.5. The summed E-state index contributed by atoms with van der Waals surface area (Å²) in [5.41, 5.74) is 3.56. The van der Waals surface area contributed by atoms with Crippen molar-refractivity contribution >= 4 is 28.8 Å². The molecule has 172 valence electrons. The van der Waals surface area contributed by atoms with Crippen LogP contribution in [-0.4, -0.2) is 45.4 Å². The normalized spacial score (nSPS) is 10.8. The smallest absolute Gasteiger partial charge is 0.259 e. The molecule has 0 heterocycles. The molecule has 0 aliphatic carbocycles. The summed E-state index contributed by atoms with van der Waals surface area (Å²) in [7, 11) is 3.00. The molecule has 3 aromatic rings. The van der Waals surface area contributed by atoms with Crippen LogP contribution in [0.5, 0.6) is 17.2 Å². The average molecular weight is 450 g/mol.